The summed E-state index contributed by atoms with van der Waals surface area (Å²) in [6, 6.07) is 1.88. The van der Waals surface area contributed by atoms with Gasteiger partial charge in [-0.3, -0.25) is 10.1 Å². The van der Waals surface area contributed by atoms with Gasteiger partial charge in [0.2, 0.25) is 0 Å². The standard InChI is InChI=1S/C15H18Cl2N2O5/c1-4-8(2)18-15(22)19-12(20)7-24-14(21)9-5-10(16)13(23-3)11(17)6-9/h5-6,8H,4,7H2,1-3H3,(H2,18,19,20,22)/t8-/m1/s1. The van der Waals surface area contributed by atoms with Crippen molar-refractivity contribution in [1.29, 1.82) is 0 Å². The second kappa shape index (κ2) is 9.34. The average Bonchev–Trinajstić information content (AvgIpc) is 2.51. The number of rotatable bonds is 6. The Morgan fingerprint density at radius 2 is 1.79 bits per heavy atom. The predicted molar refractivity (Wildman–Crippen MR) is 89.7 cm³/mol. The molecule has 0 spiro atoms. The van der Waals surface area contributed by atoms with Gasteiger partial charge >= 0.3 is 12.0 Å². The van der Waals surface area contributed by atoms with Crippen LogP contribution in [0, 0.1) is 0 Å². The van der Waals surface area contributed by atoms with Crippen molar-refractivity contribution in [3.05, 3.63) is 27.7 Å². The molecule has 7 nitrogen and oxygen atoms in total. The number of halogens is 2. The molecule has 1 aromatic rings. The lowest BCUT2D eigenvalue weighted by atomic mass is 10.2. The number of hydrogen-bond acceptors (Lipinski definition) is 5. The van der Waals surface area contributed by atoms with Gasteiger partial charge in [0.25, 0.3) is 5.91 Å². The lowest BCUT2D eigenvalue weighted by Crippen LogP contribution is -2.44. The average molecular weight is 377 g/mol. The zero-order valence-corrected chi connectivity index (χ0v) is 15.0. The van der Waals surface area contributed by atoms with Crippen LogP contribution >= 0.6 is 23.2 Å². The van der Waals surface area contributed by atoms with Crippen LogP contribution in [0.3, 0.4) is 0 Å². The summed E-state index contributed by atoms with van der Waals surface area (Å²) in [7, 11) is 1.39. The first-order valence-electron chi connectivity index (χ1n) is 7.09. The van der Waals surface area contributed by atoms with Crippen molar-refractivity contribution in [1.82, 2.24) is 10.6 Å². The lowest BCUT2D eigenvalue weighted by Gasteiger charge is -2.12. The Hall–Kier alpha value is -1.99. The number of urea groups is 1. The van der Waals surface area contributed by atoms with E-state index in [1.54, 1.807) is 6.92 Å². The highest BCUT2D eigenvalue weighted by atomic mass is 35.5. The molecule has 0 bridgehead atoms. The minimum absolute atomic E-state index is 0.0580. The Bertz CT molecular complexity index is 613. The highest BCUT2D eigenvalue weighted by molar-refractivity contribution is 6.37. The molecule has 0 saturated carbocycles. The van der Waals surface area contributed by atoms with Crippen LogP contribution in [0.5, 0.6) is 5.75 Å². The molecule has 132 valence electrons. The number of ether oxygens (including phenoxy) is 2. The summed E-state index contributed by atoms with van der Waals surface area (Å²) in [5.74, 6) is -1.33. The van der Waals surface area contributed by atoms with Gasteiger partial charge in [-0.1, -0.05) is 30.1 Å². The van der Waals surface area contributed by atoms with E-state index in [1.165, 1.54) is 19.2 Å². The van der Waals surface area contributed by atoms with Crippen LogP contribution in [0.2, 0.25) is 10.0 Å². The minimum Gasteiger partial charge on any atom is -0.494 e. The van der Waals surface area contributed by atoms with Gasteiger partial charge in [-0.25, -0.2) is 9.59 Å². The molecule has 0 saturated heterocycles. The molecule has 0 unspecified atom stereocenters. The summed E-state index contributed by atoms with van der Waals surface area (Å²) >= 11 is 11.8. The number of hydrogen-bond donors (Lipinski definition) is 2. The van der Waals surface area contributed by atoms with E-state index >= 15 is 0 Å². The highest BCUT2D eigenvalue weighted by Gasteiger charge is 2.17. The summed E-state index contributed by atoms with van der Waals surface area (Å²) in [5.41, 5.74) is 0.0580. The molecule has 0 fully saturated rings. The van der Waals surface area contributed by atoms with Crippen molar-refractivity contribution >= 4 is 41.1 Å². The van der Waals surface area contributed by atoms with Gasteiger partial charge in [0.05, 0.1) is 22.7 Å². The number of nitrogens with one attached hydrogen (secondary N) is 2. The molecular formula is C15H18Cl2N2O5. The number of methoxy groups -OCH3 is 1. The molecule has 0 aliphatic carbocycles. The van der Waals surface area contributed by atoms with E-state index in [4.69, 9.17) is 32.7 Å². The van der Waals surface area contributed by atoms with Crippen molar-refractivity contribution in [2.45, 2.75) is 26.3 Å². The van der Waals surface area contributed by atoms with Crippen molar-refractivity contribution in [3.8, 4) is 5.75 Å². The van der Waals surface area contributed by atoms with Gasteiger partial charge in [0.15, 0.2) is 12.4 Å². The fourth-order valence-electron chi connectivity index (χ4n) is 1.61. The van der Waals surface area contributed by atoms with Gasteiger partial charge in [-0.15, -0.1) is 0 Å². The van der Waals surface area contributed by atoms with Gasteiger partial charge in [0.1, 0.15) is 0 Å². The summed E-state index contributed by atoms with van der Waals surface area (Å²) in [4.78, 5) is 34.9. The van der Waals surface area contributed by atoms with Crippen molar-refractivity contribution in [2.75, 3.05) is 13.7 Å². The van der Waals surface area contributed by atoms with Crippen molar-refractivity contribution in [3.63, 3.8) is 0 Å². The van der Waals surface area contributed by atoms with E-state index in [0.29, 0.717) is 0 Å². The van der Waals surface area contributed by atoms with E-state index in [1.807, 2.05) is 6.92 Å². The fourth-order valence-corrected chi connectivity index (χ4v) is 2.25. The minimum atomic E-state index is -0.807. The Labute approximate surface area is 149 Å². The van der Waals surface area contributed by atoms with Crippen LogP contribution in [0.4, 0.5) is 4.79 Å². The number of esters is 1. The number of benzene rings is 1. The van der Waals surface area contributed by atoms with Crippen LogP contribution in [0.25, 0.3) is 0 Å². The molecule has 0 aliphatic heterocycles. The molecule has 0 aromatic heterocycles. The lowest BCUT2D eigenvalue weighted by molar-refractivity contribution is -0.123. The molecule has 24 heavy (non-hydrogen) atoms. The molecule has 1 aromatic carbocycles. The van der Waals surface area contributed by atoms with E-state index in [-0.39, 0.29) is 27.4 Å². The molecule has 0 aliphatic rings. The van der Waals surface area contributed by atoms with E-state index in [0.717, 1.165) is 6.42 Å². The predicted octanol–water partition coefficient (Wildman–Crippen LogP) is 2.78. The Kier molecular flexibility index (Phi) is 7.81. The first kappa shape index (κ1) is 20.1. The first-order chi connectivity index (χ1) is 11.3. The topological polar surface area (TPSA) is 93.7 Å². The third-order valence-corrected chi connectivity index (χ3v) is 3.58. The Morgan fingerprint density at radius 1 is 1.21 bits per heavy atom. The molecule has 0 radical (unpaired) electrons. The molecular weight excluding hydrogens is 359 g/mol. The van der Waals surface area contributed by atoms with E-state index in [9.17, 15) is 14.4 Å². The van der Waals surface area contributed by atoms with Crippen LogP contribution < -0.4 is 15.4 Å². The number of carbonyl (C=O) groups is 3. The van der Waals surface area contributed by atoms with Gasteiger partial charge < -0.3 is 14.8 Å². The largest absolute Gasteiger partial charge is 0.494 e. The van der Waals surface area contributed by atoms with Crippen LogP contribution in [-0.4, -0.2) is 37.7 Å². The maximum atomic E-state index is 11.9. The number of carbonyl (C=O) groups excluding carboxylic acids is 3. The maximum Gasteiger partial charge on any atom is 0.338 e. The number of imide groups is 1. The molecule has 1 atom stereocenters. The Morgan fingerprint density at radius 3 is 2.29 bits per heavy atom. The summed E-state index contributed by atoms with van der Waals surface area (Å²) in [6.45, 7) is 3.06. The fraction of sp³-hybridized carbons (Fsp3) is 0.400. The van der Waals surface area contributed by atoms with Crippen LogP contribution in [0.15, 0.2) is 12.1 Å². The smallest absolute Gasteiger partial charge is 0.338 e. The van der Waals surface area contributed by atoms with E-state index < -0.39 is 24.5 Å². The highest BCUT2D eigenvalue weighted by Crippen LogP contribution is 2.33. The molecule has 0 heterocycles. The van der Waals surface area contributed by atoms with Crippen LogP contribution in [-0.2, 0) is 9.53 Å². The Balaban J connectivity index is 2.57. The molecule has 2 N–H and O–H groups in total. The monoisotopic (exact) mass is 376 g/mol. The van der Waals surface area contributed by atoms with Crippen LogP contribution in [0.1, 0.15) is 30.6 Å². The summed E-state index contributed by atoms with van der Waals surface area (Å²) < 4.78 is 9.79. The zero-order valence-electron chi connectivity index (χ0n) is 13.4. The van der Waals surface area contributed by atoms with Crippen molar-refractivity contribution in [2.24, 2.45) is 0 Å². The quantitative estimate of drug-likeness (QED) is 0.744. The molecule has 3 amide bonds. The second-order valence-electron chi connectivity index (χ2n) is 4.88. The van der Waals surface area contributed by atoms with Gasteiger partial charge in [-0.05, 0) is 25.5 Å². The first-order valence-corrected chi connectivity index (χ1v) is 7.84. The van der Waals surface area contributed by atoms with Gasteiger partial charge in [0, 0.05) is 6.04 Å². The second-order valence-corrected chi connectivity index (χ2v) is 5.69. The molecule has 1 rings (SSSR count). The number of amides is 3. The van der Waals surface area contributed by atoms with Crippen molar-refractivity contribution < 1.29 is 23.9 Å². The maximum absolute atomic E-state index is 11.9. The third kappa shape index (κ3) is 5.90. The SMILES string of the molecule is CC[C@@H](C)NC(=O)NC(=O)COC(=O)c1cc(Cl)c(OC)c(Cl)c1. The summed E-state index contributed by atoms with van der Waals surface area (Å²) in [5, 5.41) is 4.87. The molecule has 9 heteroatoms. The van der Waals surface area contributed by atoms with Gasteiger partial charge in [-0.2, -0.15) is 0 Å². The zero-order chi connectivity index (χ0) is 18.3. The van der Waals surface area contributed by atoms with E-state index in [2.05, 4.69) is 10.6 Å². The normalized spacial score (nSPS) is 11.4. The third-order valence-electron chi connectivity index (χ3n) is 3.02. The summed E-state index contributed by atoms with van der Waals surface area (Å²) in [6.07, 6.45) is 0.718.